The third-order valence-corrected chi connectivity index (χ3v) is 2.54. The van der Waals surface area contributed by atoms with Crippen LogP contribution in [0, 0.1) is 6.92 Å². The minimum absolute atomic E-state index is 0.128. The molecule has 0 unspecified atom stereocenters. The van der Waals surface area contributed by atoms with Gasteiger partial charge in [-0.15, -0.1) is 0 Å². The summed E-state index contributed by atoms with van der Waals surface area (Å²) in [4.78, 5) is 12.3. The molecule has 0 amide bonds. The highest BCUT2D eigenvalue weighted by Crippen LogP contribution is 2.19. The number of nitrogen functional groups attached to an aromatic ring is 1. The van der Waals surface area contributed by atoms with E-state index in [1.165, 1.54) is 0 Å². The topological polar surface area (TPSA) is 103 Å². The van der Waals surface area contributed by atoms with Crippen LogP contribution in [-0.2, 0) is 12.0 Å². The number of nitrogens with two attached hydrogens (primary N) is 1. The average Bonchev–Trinajstić information content (AvgIpc) is 2.79. The zero-order chi connectivity index (χ0) is 14.0. The molecule has 0 saturated carbocycles. The number of nitrogens with zero attached hydrogens (tertiary/aromatic N) is 4. The van der Waals surface area contributed by atoms with Gasteiger partial charge in [0.15, 0.2) is 5.82 Å². The predicted octanol–water partition coefficient (Wildman–Crippen LogP) is 1.66. The van der Waals surface area contributed by atoms with E-state index in [2.05, 4.69) is 25.4 Å². The van der Waals surface area contributed by atoms with Crippen LogP contribution in [0.15, 0.2) is 10.7 Å². The van der Waals surface area contributed by atoms with Crippen molar-refractivity contribution < 1.29 is 4.52 Å². The van der Waals surface area contributed by atoms with Crippen LogP contribution in [-0.4, -0.2) is 20.1 Å². The maximum atomic E-state index is 5.54. The molecule has 7 nitrogen and oxygen atoms in total. The van der Waals surface area contributed by atoms with Crippen LogP contribution in [0.1, 0.15) is 38.0 Å². The largest absolute Gasteiger partial charge is 0.368 e. The molecule has 0 aliphatic carbocycles. The van der Waals surface area contributed by atoms with Gasteiger partial charge in [0.2, 0.25) is 11.8 Å². The van der Waals surface area contributed by atoms with Crippen molar-refractivity contribution in [1.82, 2.24) is 20.1 Å². The summed E-state index contributed by atoms with van der Waals surface area (Å²) in [6, 6.07) is 0. The molecule has 0 atom stereocenters. The van der Waals surface area contributed by atoms with Crippen molar-refractivity contribution >= 4 is 11.8 Å². The minimum atomic E-state index is -0.128. The van der Waals surface area contributed by atoms with Crippen molar-refractivity contribution in [2.45, 2.75) is 39.7 Å². The Morgan fingerprint density at radius 1 is 1.32 bits per heavy atom. The maximum absolute atomic E-state index is 5.54. The molecule has 2 rings (SSSR count). The SMILES string of the molecule is Cc1cnc(N)nc1NCc1nc(C(C)(C)C)no1. The first kappa shape index (κ1) is 13.3. The van der Waals surface area contributed by atoms with E-state index in [4.69, 9.17) is 10.3 Å². The molecule has 0 spiro atoms. The minimum Gasteiger partial charge on any atom is -0.368 e. The van der Waals surface area contributed by atoms with Crippen LogP contribution in [0.4, 0.5) is 11.8 Å². The highest BCUT2D eigenvalue weighted by Gasteiger charge is 2.20. The Labute approximate surface area is 111 Å². The molecule has 0 aromatic carbocycles. The number of aryl methyl sites for hydroxylation is 1. The number of anilines is 2. The normalized spacial score (nSPS) is 11.6. The van der Waals surface area contributed by atoms with Gasteiger partial charge in [-0.3, -0.25) is 0 Å². The molecule has 3 N–H and O–H groups in total. The molecule has 2 aromatic heterocycles. The Morgan fingerprint density at radius 2 is 2.05 bits per heavy atom. The zero-order valence-corrected chi connectivity index (χ0v) is 11.6. The standard InChI is InChI=1S/C12H18N6O/c1-7-5-15-11(13)17-9(7)14-6-8-16-10(18-19-8)12(2,3)4/h5H,6H2,1-4H3,(H3,13,14,15,17). The van der Waals surface area contributed by atoms with Gasteiger partial charge < -0.3 is 15.6 Å². The Balaban J connectivity index is 2.06. The predicted molar refractivity (Wildman–Crippen MR) is 71.5 cm³/mol. The van der Waals surface area contributed by atoms with Gasteiger partial charge in [0.1, 0.15) is 5.82 Å². The van der Waals surface area contributed by atoms with Crippen molar-refractivity contribution in [2.24, 2.45) is 0 Å². The lowest BCUT2D eigenvalue weighted by Gasteiger charge is -2.11. The fourth-order valence-corrected chi connectivity index (χ4v) is 1.43. The summed E-state index contributed by atoms with van der Waals surface area (Å²) in [5, 5.41) is 7.06. The first-order valence-electron chi connectivity index (χ1n) is 6.02. The monoisotopic (exact) mass is 262 g/mol. The molecule has 0 aliphatic rings. The number of rotatable bonds is 3. The van der Waals surface area contributed by atoms with E-state index in [1.807, 2.05) is 27.7 Å². The molecular formula is C12H18N6O. The Bertz CT molecular complexity index is 572. The number of hydrogen-bond donors (Lipinski definition) is 2. The van der Waals surface area contributed by atoms with Crippen LogP contribution in [0.3, 0.4) is 0 Å². The van der Waals surface area contributed by atoms with Gasteiger partial charge in [-0.05, 0) is 6.92 Å². The smallest absolute Gasteiger partial charge is 0.246 e. The highest BCUT2D eigenvalue weighted by molar-refractivity contribution is 5.44. The Kier molecular flexibility index (Phi) is 3.37. The van der Waals surface area contributed by atoms with E-state index in [1.54, 1.807) is 6.20 Å². The maximum Gasteiger partial charge on any atom is 0.246 e. The van der Waals surface area contributed by atoms with E-state index >= 15 is 0 Å². The zero-order valence-electron chi connectivity index (χ0n) is 11.6. The second kappa shape index (κ2) is 4.83. The molecule has 19 heavy (non-hydrogen) atoms. The summed E-state index contributed by atoms with van der Waals surface area (Å²) in [5.41, 5.74) is 6.32. The number of aromatic nitrogens is 4. The van der Waals surface area contributed by atoms with Gasteiger partial charge in [-0.1, -0.05) is 25.9 Å². The third kappa shape index (κ3) is 3.18. The van der Waals surface area contributed by atoms with Crippen molar-refractivity contribution in [3.8, 4) is 0 Å². The van der Waals surface area contributed by atoms with E-state index in [0.29, 0.717) is 24.1 Å². The van der Waals surface area contributed by atoms with Crippen LogP contribution >= 0.6 is 0 Å². The highest BCUT2D eigenvalue weighted by atomic mass is 16.5. The van der Waals surface area contributed by atoms with Crippen LogP contribution in [0.2, 0.25) is 0 Å². The summed E-state index contributed by atoms with van der Waals surface area (Å²) < 4.78 is 5.18. The molecule has 102 valence electrons. The fourth-order valence-electron chi connectivity index (χ4n) is 1.43. The third-order valence-electron chi connectivity index (χ3n) is 2.54. The Morgan fingerprint density at radius 3 is 2.68 bits per heavy atom. The Hall–Kier alpha value is -2.18. The molecule has 0 saturated heterocycles. The molecule has 7 heteroatoms. The van der Waals surface area contributed by atoms with Crippen molar-refractivity contribution in [2.75, 3.05) is 11.1 Å². The van der Waals surface area contributed by atoms with Gasteiger partial charge in [-0.2, -0.15) is 9.97 Å². The van der Waals surface area contributed by atoms with Gasteiger partial charge in [-0.25, -0.2) is 4.98 Å². The first-order valence-corrected chi connectivity index (χ1v) is 6.02. The summed E-state index contributed by atoms with van der Waals surface area (Å²) in [5.74, 6) is 2.10. The van der Waals surface area contributed by atoms with Gasteiger partial charge >= 0.3 is 0 Å². The van der Waals surface area contributed by atoms with Gasteiger partial charge in [0.05, 0.1) is 6.54 Å². The number of hydrogen-bond acceptors (Lipinski definition) is 7. The van der Waals surface area contributed by atoms with E-state index in [-0.39, 0.29) is 11.4 Å². The molecular weight excluding hydrogens is 244 g/mol. The van der Waals surface area contributed by atoms with Crippen LogP contribution in [0.5, 0.6) is 0 Å². The lowest BCUT2D eigenvalue weighted by molar-refractivity contribution is 0.367. The van der Waals surface area contributed by atoms with Crippen molar-refractivity contribution in [3.05, 3.63) is 23.5 Å². The lowest BCUT2D eigenvalue weighted by Crippen LogP contribution is -2.13. The van der Waals surface area contributed by atoms with Crippen LogP contribution < -0.4 is 11.1 Å². The molecule has 0 aliphatic heterocycles. The first-order chi connectivity index (χ1) is 8.86. The summed E-state index contributed by atoms with van der Waals surface area (Å²) in [7, 11) is 0. The van der Waals surface area contributed by atoms with Gasteiger partial charge in [0.25, 0.3) is 0 Å². The van der Waals surface area contributed by atoms with Crippen molar-refractivity contribution in [1.29, 1.82) is 0 Å². The summed E-state index contributed by atoms with van der Waals surface area (Å²) >= 11 is 0. The summed E-state index contributed by atoms with van der Waals surface area (Å²) in [6.07, 6.45) is 1.67. The number of nitrogens with one attached hydrogen (secondary N) is 1. The average molecular weight is 262 g/mol. The van der Waals surface area contributed by atoms with Gasteiger partial charge in [0, 0.05) is 17.2 Å². The van der Waals surface area contributed by atoms with Crippen molar-refractivity contribution in [3.63, 3.8) is 0 Å². The van der Waals surface area contributed by atoms with E-state index in [9.17, 15) is 0 Å². The van der Waals surface area contributed by atoms with Crippen LogP contribution in [0.25, 0.3) is 0 Å². The fraction of sp³-hybridized carbons (Fsp3) is 0.500. The second-order valence-corrected chi connectivity index (χ2v) is 5.38. The lowest BCUT2D eigenvalue weighted by atomic mass is 9.96. The van der Waals surface area contributed by atoms with E-state index in [0.717, 1.165) is 5.56 Å². The second-order valence-electron chi connectivity index (χ2n) is 5.38. The summed E-state index contributed by atoms with van der Waals surface area (Å²) in [6.45, 7) is 8.40. The van der Waals surface area contributed by atoms with E-state index < -0.39 is 0 Å². The molecule has 0 bridgehead atoms. The molecule has 0 fully saturated rings. The molecule has 2 heterocycles. The molecule has 0 radical (unpaired) electrons. The molecule has 2 aromatic rings. The quantitative estimate of drug-likeness (QED) is 0.866.